The van der Waals surface area contributed by atoms with Gasteiger partial charge in [0.05, 0.1) is 32.6 Å². The number of nitrogens with zero attached hydrogens (tertiary/aromatic N) is 5. The lowest BCUT2D eigenvalue weighted by atomic mass is 10.1. The number of ether oxygens (including phenoxy) is 3. The molecule has 0 aliphatic carbocycles. The van der Waals surface area contributed by atoms with Gasteiger partial charge in [-0.25, -0.2) is 0 Å². The second-order valence-electron chi connectivity index (χ2n) is 7.00. The highest BCUT2D eigenvalue weighted by molar-refractivity contribution is 7.98. The number of aromatic nitrogens is 5. The van der Waals surface area contributed by atoms with Gasteiger partial charge in [-0.15, -0.1) is 20.4 Å². The number of hydrogen-bond donors (Lipinski definition) is 0. The van der Waals surface area contributed by atoms with Gasteiger partial charge in [0.25, 0.3) is 5.89 Å². The third-order valence-corrected chi connectivity index (χ3v) is 6.00. The van der Waals surface area contributed by atoms with Gasteiger partial charge in [-0.2, -0.15) is 0 Å². The van der Waals surface area contributed by atoms with Gasteiger partial charge in [0.15, 0.2) is 16.7 Å². The first-order chi connectivity index (χ1) is 16.2. The maximum atomic E-state index is 5.85. The summed E-state index contributed by atoms with van der Waals surface area (Å²) in [6.07, 6.45) is 0.625. The van der Waals surface area contributed by atoms with Gasteiger partial charge in [-0.1, -0.05) is 30.0 Å². The van der Waals surface area contributed by atoms with Crippen molar-refractivity contribution in [2.75, 3.05) is 21.3 Å². The fourth-order valence-corrected chi connectivity index (χ4v) is 4.27. The molecule has 0 fully saturated rings. The third kappa shape index (κ3) is 4.95. The lowest BCUT2D eigenvalue weighted by Gasteiger charge is -2.10. The number of para-hydroxylation sites is 1. The number of thioether (sulfide) groups is 1. The van der Waals surface area contributed by atoms with E-state index in [0.29, 0.717) is 41.2 Å². The molecule has 4 rings (SSSR count). The Morgan fingerprint density at radius 1 is 0.879 bits per heavy atom. The molecule has 172 valence electrons. The summed E-state index contributed by atoms with van der Waals surface area (Å²) in [5.41, 5.74) is 1.82. The van der Waals surface area contributed by atoms with E-state index in [1.807, 2.05) is 42.5 Å². The fourth-order valence-electron chi connectivity index (χ4n) is 3.42. The van der Waals surface area contributed by atoms with Crippen LogP contribution in [0.3, 0.4) is 0 Å². The summed E-state index contributed by atoms with van der Waals surface area (Å²) in [4.78, 5) is 0. The first kappa shape index (κ1) is 22.7. The standard InChI is InChI=1S/C23H25N5O4S/c1-5-28-20(13-15-10-11-18(30-3)19(12-15)31-4)24-27-23(28)33-14-21-25-26-22(32-21)16-8-6-7-9-17(16)29-2/h6-12H,5,13-14H2,1-4H3. The van der Waals surface area contributed by atoms with Crippen molar-refractivity contribution in [2.24, 2.45) is 0 Å². The van der Waals surface area contributed by atoms with Crippen LogP contribution in [0.2, 0.25) is 0 Å². The van der Waals surface area contributed by atoms with Gasteiger partial charge in [0.2, 0.25) is 5.89 Å². The minimum Gasteiger partial charge on any atom is -0.496 e. The average Bonchev–Trinajstić information content (AvgIpc) is 3.49. The second-order valence-corrected chi connectivity index (χ2v) is 7.94. The molecule has 0 spiro atoms. The van der Waals surface area contributed by atoms with Crippen LogP contribution in [0, 0.1) is 0 Å². The van der Waals surface area contributed by atoms with E-state index < -0.39 is 0 Å². The number of rotatable bonds is 10. The van der Waals surface area contributed by atoms with Crippen molar-refractivity contribution in [1.29, 1.82) is 0 Å². The Labute approximate surface area is 196 Å². The Hall–Kier alpha value is -3.53. The maximum absolute atomic E-state index is 5.85. The molecule has 0 aliphatic rings. The monoisotopic (exact) mass is 467 g/mol. The predicted octanol–water partition coefficient (Wildman–Crippen LogP) is 4.26. The van der Waals surface area contributed by atoms with Crippen LogP contribution in [-0.2, 0) is 18.7 Å². The van der Waals surface area contributed by atoms with Crippen LogP contribution < -0.4 is 14.2 Å². The summed E-state index contributed by atoms with van der Waals surface area (Å²) < 4.78 is 24.0. The molecule has 0 radical (unpaired) electrons. The first-order valence-electron chi connectivity index (χ1n) is 10.4. The summed E-state index contributed by atoms with van der Waals surface area (Å²) in [6.45, 7) is 2.81. The van der Waals surface area contributed by atoms with E-state index in [1.54, 1.807) is 21.3 Å². The fraction of sp³-hybridized carbons (Fsp3) is 0.304. The molecule has 0 atom stereocenters. The minimum absolute atomic E-state index is 0.425. The number of benzene rings is 2. The van der Waals surface area contributed by atoms with E-state index in [-0.39, 0.29) is 0 Å². The average molecular weight is 468 g/mol. The maximum Gasteiger partial charge on any atom is 0.251 e. The lowest BCUT2D eigenvalue weighted by Crippen LogP contribution is -2.04. The molecule has 9 nitrogen and oxygen atoms in total. The normalized spacial score (nSPS) is 10.9. The molecule has 0 aliphatic heterocycles. The Morgan fingerprint density at radius 3 is 2.42 bits per heavy atom. The molecule has 33 heavy (non-hydrogen) atoms. The van der Waals surface area contributed by atoms with Gasteiger partial charge >= 0.3 is 0 Å². The molecule has 2 aromatic carbocycles. The van der Waals surface area contributed by atoms with Crippen molar-refractivity contribution in [3.8, 4) is 28.7 Å². The van der Waals surface area contributed by atoms with Crippen molar-refractivity contribution in [2.45, 2.75) is 30.8 Å². The Kier molecular flexibility index (Phi) is 7.13. The smallest absolute Gasteiger partial charge is 0.251 e. The molecule has 2 aromatic heterocycles. The van der Waals surface area contributed by atoms with Crippen LogP contribution in [0.4, 0.5) is 0 Å². The van der Waals surface area contributed by atoms with Gasteiger partial charge in [0, 0.05) is 13.0 Å². The molecule has 0 amide bonds. The molecule has 0 bridgehead atoms. The van der Waals surface area contributed by atoms with E-state index in [2.05, 4.69) is 31.9 Å². The molecule has 4 aromatic rings. The highest BCUT2D eigenvalue weighted by Crippen LogP contribution is 2.31. The van der Waals surface area contributed by atoms with Crippen LogP contribution in [-0.4, -0.2) is 46.3 Å². The molecular formula is C23H25N5O4S. The lowest BCUT2D eigenvalue weighted by molar-refractivity contribution is 0.354. The minimum atomic E-state index is 0.425. The van der Waals surface area contributed by atoms with Crippen molar-refractivity contribution in [3.63, 3.8) is 0 Å². The summed E-state index contributed by atoms with van der Waals surface area (Å²) in [5.74, 6) is 4.35. The molecule has 2 heterocycles. The topological polar surface area (TPSA) is 97.3 Å². The van der Waals surface area contributed by atoms with E-state index in [9.17, 15) is 0 Å². The highest BCUT2D eigenvalue weighted by atomic mass is 32.2. The molecule has 10 heteroatoms. The van der Waals surface area contributed by atoms with E-state index in [0.717, 1.165) is 28.7 Å². The van der Waals surface area contributed by atoms with Crippen LogP contribution in [0.15, 0.2) is 52.0 Å². The van der Waals surface area contributed by atoms with Crippen LogP contribution in [0.5, 0.6) is 17.2 Å². The van der Waals surface area contributed by atoms with Gasteiger partial charge < -0.3 is 23.2 Å². The SMILES string of the molecule is CCn1c(Cc2ccc(OC)c(OC)c2)nnc1SCc1nnc(-c2ccccc2OC)o1. The highest BCUT2D eigenvalue weighted by Gasteiger charge is 2.17. The summed E-state index contributed by atoms with van der Waals surface area (Å²) in [5, 5.41) is 17.9. The molecule has 0 unspecified atom stereocenters. The molecule has 0 saturated heterocycles. The summed E-state index contributed by atoms with van der Waals surface area (Å²) >= 11 is 1.51. The van der Waals surface area contributed by atoms with Crippen molar-refractivity contribution in [3.05, 3.63) is 59.7 Å². The van der Waals surface area contributed by atoms with Crippen molar-refractivity contribution < 1.29 is 18.6 Å². The Balaban J connectivity index is 1.47. The Morgan fingerprint density at radius 2 is 1.67 bits per heavy atom. The zero-order valence-electron chi connectivity index (χ0n) is 18.9. The van der Waals surface area contributed by atoms with E-state index >= 15 is 0 Å². The zero-order chi connectivity index (χ0) is 23.2. The first-order valence-corrected chi connectivity index (χ1v) is 11.4. The number of hydrogen-bond acceptors (Lipinski definition) is 9. The largest absolute Gasteiger partial charge is 0.496 e. The quantitative estimate of drug-likeness (QED) is 0.317. The van der Waals surface area contributed by atoms with Gasteiger partial charge in [-0.3, -0.25) is 0 Å². The van der Waals surface area contributed by atoms with Crippen LogP contribution in [0.25, 0.3) is 11.5 Å². The van der Waals surface area contributed by atoms with E-state index in [4.69, 9.17) is 18.6 Å². The van der Waals surface area contributed by atoms with Crippen molar-refractivity contribution >= 4 is 11.8 Å². The van der Waals surface area contributed by atoms with E-state index in [1.165, 1.54) is 11.8 Å². The third-order valence-electron chi connectivity index (χ3n) is 5.05. The summed E-state index contributed by atoms with van der Waals surface area (Å²) in [7, 11) is 4.86. The van der Waals surface area contributed by atoms with Crippen LogP contribution in [0.1, 0.15) is 24.2 Å². The van der Waals surface area contributed by atoms with Crippen LogP contribution >= 0.6 is 11.8 Å². The summed E-state index contributed by atoms with van der Waals surface area (Å²) in [6, 6.07) is 13.4. The second kappa shape index (κ2) is 10.4. The van der Waals surface area contributed by atoms with Gasteiger partial charge in [0.1, 0.15) is 11.6 Å². The van der Waals surface area contributed by atoms with Crippen molar-refractivity contribution in [1.82, 2.24) is 25.0 Å². The zero-order valence-corrected chi connectivity index (χ0v) is 19.8. The molecule has 0 saturated carbocycles. The molecule has 0 N–H and O–H groups in total. The predicted molar refractivity (Wildman–Crippen MR) is 124 cm³/mol. The number of methoxy groups -OCH3 is 3. The van der Waals surface area contributed by atoms with Gasteiger partial charge in [-0.05, 0) is 36.8 Å². The Bertz CT molecular complexity index is 1220. The molecular weight excluding hydrogens is 442 g/mol.